The van der Waals surface area contributed by atoms with Crippen molar-refractivity contribution in [3.63, 3.8) is 0 Å². The van der Waals surface area contributed by atoms with Crippen LogP contribution < -0.4 is 0 Å². The van der Waals surface area contributed by atoms with Crippen LogP contribution in [0.1, 0.15) is 46.5 Å². The lowest BCUT2D eigenvalue weighted by molar-refractivity contribution is -0.156. The SMILES string of the molecule is CC1(C)[C@H]2CC[C@@]1(C)[C@@H](OC(=O)CN1CCCS1(=O)=O)C2. The van der Waals surface area contributed by atoms with E-state index in [1.807, 2.05) is 0 Å². The summed E-state index contributed by atoms with van der Waals surface area (Å²) in [5, 5.41) is 0. The lowest BCUT2D eigenvalue weighted by atomic mass is 9.70. The van der Waals surface area contributed by atoms with E-state index in [1.165, 1.54) is 10.7 Å². The molecule has 6 heteroatoms. The molecule has 1 heterocycles. The monoisotopic (exact) mass is 315 g/mol. The molecule has 0 aromatic carbocycles. The van der Waals surface area contributed by atoms with Crippen LogP contribution in [-0.2, 0) is 19.6 Å². The quantitative estimate of drug-likeness (QED) is 0.745. The summed E-state index contributed by atoms with van der Waals surface area (Å²) >= 11 is 0. The molecular formula is C15H25NO4S. The van der Waals surface area contributed by atoms with Gasteiger partial charge in [-0.3, -0.25) is 4.79 Å². The molecule has 0 aromatic heterocycles. The normalized spacial score (nSPS) is 40.5. The van der Waals surface area contributed by atoms with Crippen molar-refractivity contribution < 1.29 is 17.9 Å². The fraction of sp³-hybridized carbons (Fsp3) is 0.933. The van der Waals surface area contributed by atoms with E-state index in [4.69, 9.17) is 4.74 Å². The number of rotatable bonds is 3. The van der Waals surface area contributed by atoms with Crippen LogP contribution in [0.3, 0.4) is 0 Å². The molecule has 5 nitrogen and oxygen atoms in total. The standard InChI is InChI=1S/C15H25NO4S/c1-14(2)11-5-6-15(14,3)12(9-11)20-13(17)10-16-7-4-8-21(16,18)19/h11-12H,4-10H2,1-3H3/t11-,12-,15-/m0/s1. The van der Waals surface area contributed by atoms with Gasteiger partial charge in [-0.2, -0.15) is 4.31 Å². The molecule has 3 rings (SSSR count). The van der Waals surface area contributed by atoms with Crippen molar-refractivity contribution in [2.75, 3.05) is 18.8 Å². The van der Waals surface area contributed by atoms with Gasteiger partial charge in [0.05, 0.1) is 5.75 Å². The Labute approximate surface area is 127 Å². The van der Waals surface area contributed by atoms with E-state index in [1.54, 1.807) is 0 Å². The van der Waals surface area contributed by atoms with Crippen LogP contribution in [0.25, 0.3) is 0 Å². The first kappa shape index (κ1) is 15.3. The molecule has 21 heavy (non-hydrogen) atoms. The summed E-state index contributed by atoms with van der Waals surface area (Å²) in [4.78, 5) is 12.1. The van der Waals surface area contributed by atoms with E-state index in [0.29, 0.717) is 18.9 Å². The van der Waals surface area contributed by atoms with Crippen molar-refractivity contribution in [2.45, 2.75) is 52.6 Å². The molecule has 0 N–H and O–H groups in total. The third kappa shape index (κ3) is 2.22. The molecular weight excluding hydrogens is 290 g/mol. The number of nitrogens with zero attached hydrogens (tertiary/aromatic N) is 1. The second-order valence-corrected chi connectivity index (χ2v) is 9.68. The molecule has 0 aromatic rings. The zero-order valence-electron chi connectivity index (χ0n) is 13.1. The van der Waals surface area contributed by atoms with Crippen molar-refractivity contribution >= 4 is 16.0 Å². The Hall–Kier alpha value is -0.620. The van der Waals surface area contributed by atoms with Crippen molar-refractivity contribution in [3.05, 3.63) is 0 Å². The first-order chi connectivity index (χ1) is 9.67. The van der Waals surface area contributed by atoms with Crippen LogP contribution in [0.15, 0.2) is 0 Å². The highest BCUT2D eigenvalue weighted by Gasteiger charge is 2.62. The summed E-state index contributed by atoms with van der Waals surface area (Å²) in [6.45, 7) is 7.06. The highest BCUT2D eigenvalue weighted by atomic mass is 32.2. The van der Waals surface area contributed by atoms with Crippen LogP contribution in [0, 0.1) is 16.7 Å². The maximum absolute atomic E-state index is 12.1. The third-order valence-electron chi connectivity index (χ3n) is 6.50. The van der Waals surface area contributed by atoms with E-state index >= 15 is 0 Å². The van der Waals surface area contributed by atoms with E-state index in [-0.39, 0.29) is 29.2 Å². The molecule has 2 saturated carbocycles. The largest absolute Gasteiger partial charge is 0.461 e. The number of fused-ring (bicyclic) bond motifs is 2. The minimum atomic E-state index is -3.23. The number of carbonyl (C=O) groups excluding carboxylic acids is 1. The van der Waals surface area contributed by atoms with Crippen molar-refractivity contribution in [3.8, 4) is 0 Å². The van der Waals surface area contributed by atoms with Crippen LogP contribution in [-0.4, -0.2) is 43.6 Å². The fourth-order valence-corrected chi connectivity index (χ4v) is 5.98. The number of hydrogen-bond acceptors (Lipinski definition) is 4. The lowest BCUT2D eigenvalue weighted by Crippen LogP contribution is -2.41. The number of sulfonamides is 1. The molecule has 0 spiro atoms. The van der Waals surface area contributed by atoms with Crippen LogP contribution in [0.5, 0.6) is 0 Å². The molecule has 2 bridgehead atoms. The van der Waals surface area contributed by atoms with Crippen LogP contribution in [0.2, 0.25) is 0 Å². The minimum Gasteiger partial charge on any atom is -0.461 e. The Kier molecular flexibility index (Phi) is 3.41. The van der Waals surface area contributed by atoms with E-state index in [2.05, 4.69) is 20.8 Å². The predicted molar refractivity (Wildman–Crippen MR) is 79.1 cm³/mol. The summed E-state index contributed by atoms with van der Waals surface area (Å²) in [5.41, 5.74) is 0.217. The van der Waals surface area contributed by atoms with Crippen molar-refractivity contribution in [1.82, 2.24) is 4.31 Å². The molecule has 1 saturated heterocycles. The van der Waals surface area contributed by atoms with Gasteiger partial charge in [-0.05, 0) is 37.0 Å². The number of hydrogen-bond donors (Lipinski definition) is 0. The summed E-state index contributed by atoms with van der Waals surface area (Å²) in [5.74, 6) is 0.363. The molecule has 3 fully saturated rings. The lowest BCUT2D eigenvalue weighted by Gasteiger charge is -2.38. The molecule has 120 valence electrons. The summed E-state index contributed by atoms with van der Waals surface area (Å²) < 4.78 is 30.4. The highest BCUT2D eigenvalue weighted by Crippen LogP contribution is 2.66. The Balaban J connectivity index is 1.65. The predicted octanol–water partition coefficient (Wildman–Crippen LogP) is 1.78. The van der Waals surface area contributed by atoms with E-state index in [0.717, 1.165) is 12.8 Å². The van der Waals surface area contributed by atoms with Gasteiger partial charge in [-0.1, -0.05) is 20.8 Å². The van der Waals surface area contributed by atoms with E-state index in [9.17, 15) is 13.2 Å². The Morgan fingerprint density at radius 3 is 2.52 bits per heavy atom. The maximum Gasteiger partial charge on any atom is 0.321 e. The van der Waals surface area contributed by atoms with Crippen molar-refractivity contribution in [1.29, 1.82) is 0 Å². The molecule has 2 aliphatic carbocycles. The van der Waals surface area contributed by atoms with Gasteiger partial charge in [0.15, 0.2) is 0 Å². The summed E-state index contributed by atoms with van der Waals surface area (Å²) in [6, 6.07) is 0. The zero-order valence-corrected chi connectivity index (χ0v) is 13.9. The smallest absolute Gasteiger partial charge is 0.321 e. The Morgan fingerprint density at radius 2 is 2.05 bits per heavy atom. The van der Waals surface area contributed by atoms with Crippen molar-refractivity contribution in [2.24, 2.45) is 16.7 Å². The van der Waals surface area contributed by atoms with Gasteiger partial charge in [-0.25, -0.2) is 8.42 Å². The second-order valence-electron chi connectivity index (χ2n) is 7.59. The Bertz CT molecular complexity index is 556. The number of esters is 1. The van der Waals surface area contributed by atoms with E-state index < -0.39 is 16.0 Å². The molecule has 3 atom stereocenters. The highest BCUT2D eigenvalue weighted by molar-refractivity contribution is 7.89. The molecule has 1 aliphatic heterocycles. The third-order valence-corrected chi connectivity index (χ3v) is 8.40. The van der Waals surface area contributed by atoms with Gasteiger partial charge < -0.3 is 4.74 Å². The summed E-state index contributed by atoms with van der Waals surface area (Å²) in [7, 11) is -3.23. The first-order valence-electron chi connectivity index (χ1n) is 7.84. The number of carbonyl (C=O) groups is 1. The van der Waals surface area contributed by atoms with Crippen LogP contribution in [0.4, 0.5) is 0 Å². The van der Waals surface area contributed by atoms with Crippen LogP contribution >= 0.6 is 0 Å². The minimum absolute atomic E-state index is 0.0250. The Morgan fingerprint density at radius 1 is 1.33 bits per heavy atom. The number of ether oxygens (including phenoxy) is 1. The molecule has 3 aliphatic rings. The van der Waals surface area contributed by atoms with Gasteiger partial charge in [0.1, 0.15) is 12.6 Å². The molecule has 0 unspecified atom stereocenters. The topological polar surface area (TPSA) is 63.7 Å². The van der Waals surface area contributed by atoms with Gasteiger partial charge in [0.25, 0.3) is 0 Å². The average Bonchev–Trinajstić information content (AvgIpc) is 2.87. The van der Waals surface area contributed by atoms with Gasteiger partial charge in [-0.15, -0.1) is 0 Å². The first-order valence-corrected chi connectivity index (χ1v) is 9.45. The molecule has 0 radical (unpaired) electrons. The van der Waals surface area contributed by atoms with Gasteiger partial charge >= 0.3 is 5.97 Å². The zero-order chi connectivity index (χ0) is 15.5. The maximum atomic E-state index is 12.1. The van der Waals surface area contributed by atoms with Gasteiger partial charge in [0.2, 0.25) is 10.0 Å². The summed E-state index contributed by atoms with van der Waals surface area (Å²) in [6.07, 6.45) is 3.75. The van der Waals surface area contributed by atoms with Gasteiger partial charge in [0, 0.05) is 12.0 Å². The second kappa shape index (κ2) is 4.69. The average molecular weight is 315 g/mol. The molecule has 0 amide bonds. The fourth-order valence-electron chi connectivity index (χ4n) is 4.52.